The van der Waals surface area contributed by atoms with E-state index in [4.69, 9.17) is 14.2 Å². The lowest BCUT2D eigenvalue weighted by molar-refractivity contribution is -0.148. The van der Waals surface area contributed by atoms with Crippen LogP contribution < -0.4 is 14.8 Å². The number of anilines is 1. The lowest BCUT2D eigenvalue weighted by atomic mass is 10.2. The highest BCUT2D eigenvalue weighted by molar-refractivity contribution is 5.96. The molecule has 0 aliphatic carbocycles. The molecular weight excluding hydrogens is 358 g/mol. The standard InChI is InChI=1S/C22H25NO5/c1-4-26-19-13-11-18(12-14-19)23-22(25)16(3)28-21(24)15-10-17-8-6-7-9-20(17)27-5-2/h6-16H,4-5H2,1-3H3,(H,23,25)/b15-10+/t16-/m1/s1. The fourth-order valence-corrected chi connectivity index (χ4v) is 2.38. The maximum absolute atomic E-state index is 12.2. The molecule has 6 heteroatoms. The Morgan fingerprint density at radius 3 is 2.36 bits per heavy atom. The number of esters is 1. The zero-order chi connectivity index (χ0) is 20.4. The molecule has 2 rings (SSSR count). The zero-order valence-corrected chi connectivity index (χ0v) is 16.3. The Bertz CT molecular complexity index is 814. The molecule has 1 atom stereocenters. The van der Waals surface area contributed by atoms with Gasteiger partial charge in [0.25, 0.3) is 5.91 Å². The first-order valence-corrected chi connectivity index (χ1v) is 9.17. The Morgan fingerprint density at radius 2 is 1.68 bits per heavy atom. The number of hydrogen-bond acceptors (Lipinski definition) is 5. The number of carbonyl (C=O) groups is 2. The highest BCUT2D eigenvalue weighted by atomic mass is 16.5. The average Bonchev–Trinajstić information content (AvgIpc) is 2.69. The quantitative estimate of drug-likeness (QED) is 0.522. The van der Waals surface area contributed by atoms with Gasteiger partial charge in [0.2, 0.25) is 0 Å². The van der Waals surface area contributed by atoms with Gasteiger partial charge in [-0.05, 0) is 57.2 Å². The number of para-hydroxylation sites is 1. The van der Waals surface area contributed by atoms with E-state index in [2.05, 4.69) is 5.32 Å². The van der Waals surface area contributed by atoms with Crippen molar-refractivity contribution in [1.29, 1.82) is 0 Å². The van der Waals surface area contributed by atoms with Gasteiger partial charge in [-0.15, -0.1) is 0 Å². The van der Waals surface area contributed by atoms with Gasteiger partial charge in [0, 0.05) is 17.3 Å². The van der Waals surface area contributed by atoms with Gasteiger partial charge < -0.3 is 19.5 Å². The van der Waals surface area contributed by atoms with E-state index < -0.39 is 18.0 Å². The number of amides is 1. The van der Waals surface area contributed by atoms with Crippen molar-refractivity contribution in [2.45, 2.75) is 26.9 Å². The molecule has 0 radical (unpaired) electrons. The second-order valence-corrected chi connectivity index (χ2v) is 5.83. The number of ether oxygens (including phenoxy) is 3. The largest absolute Gasteiger partial charge is 0.494 e. The molecule has 28 heavy (non-hydrogen) atoms. The van der Waals surface area contributed by atoms with E-state index in [9.17, 15) is 9.59 Å². The van der Waals surface area contributed by atoms with E-state index in [0.717, 1.165) is 11.3 Å². The second kappa shape index (κ2) is 10.8. The maximum atomic E-state index is 12.2. The van der Waals surface area contributed by atoms with Crippen LogP contribution in [0.2, 0.25) is 0 Å². The van der Waals surface area contributed by atoms with E-state index in [1.807, 2.05) is 38.1 Å². The molecule has 0 bridgehead atoms. The van der Waals surface area contributed by atoms with Gasteiger partial charge in [-0.3, -0.25) is 4.79 Å². The minimum Gasteiger partial charge on any atom is -0.494 e. The SMILES string of the molecule is CCOc1ccc(NC(=O)[C@@H](C)OC(=O)/C=C/c2ccccc2OCC)cc1. The smallest absolute Gasteiger partial charge is 0.331 e. The van der Waals surface area contributed by atoms with Crippen molar-refractivity contribution in [3.05, 3.63) is 60.2 Å². The molecule has 148 valence electrons. The van der Waals surface area contributed by atoms with Crippen molar-refractivity contribution in [3.8, 4) is 11.5 Å². The molecule has 0 spiro atoms. The van der Waals surface area contributed by atoms with Crippen LogP contribution in [-0.4, -0.2) is 31.2 Å². The Hall–Kier alpha value is -3.28. The Morgan fingerprint density at radius 1 is 1.00 bits per heavy atom. The molecule has 0 unspecified atom stereocenters. The van der Waals surface area contributed by atoms with Gasteiger partial charge in [-0.25, -0.2) is 4.79 Å². The van der Waals surface area contributed by atoms with Gasteiger partial charge in [0.15, 0.2) is 6.10 Å². The van der Waals surface area contributed by atoms with Gasteiger partial charge in [0.05, 0.1) is 13.2 Å². The van der Waals surface area contributed by atoms with E-state index >= 15 is 0 Å². The van der Waals surface area contributed by atoms with Crippen LogP contribution in [0.1, 0.15) is 26.3 Å². The van der Waals surface area contributed by atoms with Crippen LogP contribution in [-0.2, 0) is 14.3 Å². The Kier molecular flexibility index (Phi) is 8.09. The molecule has 2 aromatic carbocycles. The number of rotatable bonds is 9. The van der Waals surface area contributed by atoms with Crippen molar-refractivity contribution in [2.24, 2.45) is 0 Å². The molecule has 1 amide bonds. The molecule has 0 aliphatic heterocycles. The summed E-state index contributed by atoms with van der Waals surface area (Å²) in [6.07, 6.45) is 1.94. The van der Waals surface area contributed by atoms with E-state index in [1.165, 1.54) is 13.0 Å². The predicted octanol–water partition coefficient (Wildman–Crippen LogP) is 4.07. The van der Waals surface area contributed by atoms with Crippen molar-refractivity contribution >= 4 is 23.6 Å². The van der Waals surface area contributed by atoms with Crippen molar-refractivity contribution in [2.75, 3.05) is 18.5 Å². The lowest BCUT2D eigenvalue weighted by Crippen LogP contribution is -2.29. The number of carbonyl (C=O) groups excluding carboxylic acids is 2. The third-order valence-corrected chi connectivity index (χ3v) is 3.71. The molecule has 1 N–H and O–H groups in total. The summed E-state index contributed by atoms with van der Waals surface area (Å²) in [5.74, 6) is 0.369. The summed E-state index contributed by atoms with van der Waals surface area (Å²) in [6.45, 7) is 6.40. The van der Waals surface area contributed by atoms with Crippen LogP contribution in [0.3, 0.4) is 0 Å². The molecule has 0 heterocycles. The zero-order valence-electron chi connectivity index (χ0n) is 16.3. The highest BCUT2D eigenvalue weighted by Crippen LogP contribution is 2.19. The molecule has 2 aromatic rings. The Labute approximate surface area is 165 Å². The summed E-state index contributed by atoms with van der Waals surface area (Å²) in [5.41, 5.74) is 1.35. The first kappa shape index (κ1) is 21.0. The van der Waals surface area contributed by atoms with Crippen LogP contribution in [0.25, 0.3) is 6.08 Å². The van der Waals surface area contributed by atoms with Gasteiger partial charge in [0.1, 0.15) is 11.5 Å². The fourth-order valence-electron chi connectivity index (χ4n) is 2.38. The summed E-state index contributed by atoms with van der Waals surface area (Å²) < 4.78 is 16.0. The summed E-state index contributed by atoms with van der Waals surface area (Å²) in [5, 5.41) is 2.70. The molecule has 6 nitrogen and oxygen atoms in total. The van der Waals surface area contributed by atoms with Crippen LogP contribution in [0.5, 0.6) is 11.5 Å². The number of benzene rings is 2. The monoisotopic (exact) mass is 383 g/mol. The first-order valence-electron chi connectivity index (χ1n) is 9.17. The summed E-state index contributed by atoms with van der Waals surface area (Å²) in [7, 11) is 0. The minimum atomic E-state index is -0.939. The van der Waals surface area contributed by atoms with Gasteiger partial charge in [-0.1, -0.05) is 18.2 Å². The van der Waals surface area contributed by atoms with Crippen LogP contribution in [0, 0.1) is 0 Å². The molecule has 0 saturated carbocycles. The predicted molar refractivity (Wildman–Crippen MR) is 108 cm³/mol. The van der Waals surface area contributed by atoms with Crippen LogP contribution >= 0.6 is 0 Å². The summed E-state index contributed by atoms with van der Waals surface area (Å²) >= 11 is 0. The maximum Gasteiger partial charge on any atom is 0.331 e. The molecule has 0 saturated heterocycles. The van der Waals surface area contributed by atoms with Crippen molar-refractivity contribution < 1.29 is 23.8 Å². The second-order valence-electron chi connectivity index (χ2n) is 5.83. The van der Waals surface area contributed by atoms with E-state index in [-0.39, 0.29) is 0 Å². The van der Waals surface area contributed by atoms with Crippen molar-refractivity contribution in [3.63, 3.8) is 0 Å². The average molecular weight is 383 g/mol. The third-order valence-electron chi connectivity index (χ3n) is 3.71. The van der Waals surface area contributed by atoms with Crippen LogP contribution in [0.4, 0.5) is 5.69 Å². The number of hydrogen-bond donors (Lipinski definition) is 1. The Balaban J connectivity index is 1.90. The molecule has 0 aliphatic rings. The van der Waals surface area contributed by atoms with Gasteiger partial charge >= 0.3 is 5.97 Å². The minimum absolute atomic E-state index is 0.416. The van der Waals surface area contributed by atoms with Crippen LogP contribution in [0.15, 0.2) is 54.6 Å². The first-order chi connectivity index (χ1) is 13.5. The van der Waals surface area contributed by atoms with E-state index in [0.29, 0.717) is 24.7 Å². The summed E-state index contributed by atoms with van der Waals surface area (Å²) in [6, 6.07) is 14.3. The number of nitrogens with one attached hydrogen (secondary N) is 1. The fraction of sp³-hybridized carbons (Fsp3) is 0.273. The highest BCUT2D eigenvalue weighted by Gasteiger charge is 2.16. The normalized spacial score (nSPS) is 11.7. The van der Waals surface area contributed by atoms with Crippen molar-refractivity contribution in [1.82, 2.24) is 0 Å². The lowest BCUT2D eigenvalue weighted by Gasteiger charge is -2.13. The molecule has 0 aromatic heterocycles. The summed E-state index contributed by atoms with van der Waals surface area (Å²) in [4.78, 5) is 24.2. The molecular formula is C22H25NO5. The third kappa shape index (κ3) is 6.46. The molecule has 0 fully saturated rings. The van der Waals surface area contributed by atoms with Gasteiger partial charge in [-0.2, -0.15) is 0 Å². The topological polar surface area (TPSA) is 73.9 Å². The van der Waals surface area contributed by atoms with E-state index in [1.54, 1.807) is 30.3 Å².